The minimum atomic E-state index is -0.155. The molecule has 154 valence electrons. The Balaban J connectivity index is 1.42. The Morgan fingerprint density at radius 3 is 2.75 bits per heavy atom. The molecule has 5 rings (SSSR count). The lowest BCUT2D eigenvalue weighted by molar-refractivity contribution is -0.148. The van der Waals surface area contributed by atoms with Crippen molar-refractivity contribution >= 4 is 11.9 Å². The van der Waals surface area contributed by atoms with Crippen LogP contribution in [0.25, 0.3) is 0 Å². The van der Waals surface area contributed by atoms with Crippen molar-refractivity contribution in [3.8, 4) is 0 Å². The summed E-state index contributed by atoms with van der Waals surface area (Å²) in [6.07, 6.45) is 10.4. The maximum Gasteiger partial charge on any atom is 0.309 e. The van der Waals surface area contributed by atoms with Crippen molar-refractivity contribution in [2.75, 3.05) is 0 Å². The van der Waals surface area contributed by atoms with Crippen LogP contribution in [0.4, 0.5) is 0 Å². The molecular formula is C24H34O4. The first kappa shape index (κ1) is 18.7. The van der Waals surface area contributed by atoms with Gasteiger partial charge in [0.15, 0.2) is 0 Å². The van der Waals surface area contributed by atoms with E-state index in [2.05, 4.69) is 26.8 Å². The summed E-state index contributed by atoms with van der Waals surface area (Å²) in [5, 5.41) is 0. The highest BCUT2D eigenvalue weighted by atomic mass is 16.6. The average Bonchev–Trinajstić information content (AvgIpc) is 3.08. The van der Waals surface area contributed by atoms with Crippen molar-refractivity contribution in [1.29, 1.82) is 0 Å². The molecule has 9 atom stereocenters. The molecule has 0 aromatic heterocycles. The summed E-state index contributed by atoms with van der Waals surface area (Å²) in [6.45, 7) is 8.53. The van der Waals surface area contributed by atoms with Gasteiger partial charge >= 0.3 is 11.9 Å². The van der Waals surface area contributed by atoms with Crippen molar-refractivity contribution in [2.45, 2.75) is 84.8 Å². The highest BCUT2D eigenvalue weighted by Gasteiger charge is 2.65. The molecule has 4 aliphatic carbocycles. The van der Waals surface area contributed by atoms with Crippen LogP contribution in [0, 0.1) is 40.4 Å². The zero-order valence-corrected chi connectivity index (χ0v) is 17.7. The number of ether oxygens (including phenoxy) is 2. The molecule has 0 unspecified atom stereocenters. The Bertz CT molecular complexity index is 741. The molecule has 3 saturated carbocycles. The predicted octanol–water partition coefficient (Wildman–Crippen LogP) is 4.67. The number of hydrogen-bond acceptors (Lipinski definition) is 4. The molecule has 0 aromatic rings. The second kappa shape index (κ2) is 6.09. The Hall–Kier alpha value is -1.32. The molecule has 1 aliphatic heterocycles. The Kier molecular flexibility index (Phi) is 4.07. The number of fused-ring (bicyclic) bond motifs is 7. The molecule has 0 radical (unpaired) electrons. The van der Waals surface area contributed by atoms with Crippen LogP contribution >= 0.6 is 0 Å². The average molecular weight is 387 g/mol. The summed E-state index contributed by atoms with van der Waals surface area (Å²) >= 11 is 0. The molecule has 28 heavy (non-hydrogen) atoms. The molecule has 4 nitrogen and oxygen atoms in total. The van der Waals surface area contributed by atoms with Crippen molar-refractivity contribution in [1.82, 2.24) is 0 Å². The lowest BCUT2D eigenvalue weighted by Gasteiger charge is -2.58. The summed E-state index contributed by atoms with van der Waals surface area (Å²) in [5.41, 5.74) is 2.03. The molecular weight excluding hydrogens is 352 g/mol. The zero-order valence-electron chi connectivity index (χ0n) is 17.7. The van der Waals surface area contributed by atoms with E-state index in [1.54, 1.807) is 0 Å². The van der Waals surface area contributed by atoms with Crippen LogP contribution in [0.5, 0.6) is 0 Å². The van der Waals surface area contributed by atoms with Crippen LogP contribution in [0.3, 0.4) is 0 Å². The third-order valence-corrected chi connectivity index (χ3v) is 9.66. The number of hydrogen-bond donors (Lipinski definition) is 0. The van der Waals surface area contributed by atoms with E-state index in [1.165, 1.54) is 25.3 Å². The van der Waals surface area contributed by atoms with Gasteiger partial charge in [0.25, 0.3) is 0 Å². The highest BCUT2D eigenvalue weighted by Crippen LogP contribution is 2.68. The normalized spacial score (nSPS) is 51.9. The summed E-state index contributed by atoms with van der Waals surface area (Å²) in [5.74, 6) is 2.42. The molecule has 0 spiro atoms. The van der Waals surface area contributed by atoms with Gasteiger partial charge in [-0.15, -0.1) is 0 Å². The van der Waals surface area contributed by atoms with E-state index in [9.17, 15) is 9.59 Å². The fourth-order valence-electron chi connectivity index (χ4n) is 8.41. The summed E-state index contributed by atoms with van der Waals surface area (Å²) in [6, 6.07) is 0. The number of carbonyl (C=O) groups is 2. The molecule has 4 heteroatoms. The Morgan fingerprint density at radius 2 is 2.00 bits per heavy atom. The predicted molar refractivity (Wildman–Crippen MR) is 105 cm³/mol. The Labute approximate surface area is 168 Å². The Morgan fingerprint density at radius 1 is 1.21 bits per heavy atom. The van der Waals surface area contributed by atoms with Gasteiger partial charge in [0.1, 0.15) is 12.2 Å². The first-order valence-electron chi connectivity index (χ1n) is 11.3. The highest BCUT2D eigenvalue weighted by molar-refractivity contribution is 5.75. The number of esters is 2. The fourth-order valence-corrected chi connectivity index (χ4v) is 8.41. The molecule has 0 aromatic carbocycles. The largest absolute Gasteiger partial charge is 0.462 e. The first-order chi connectivity index (χ1) is 13.2. The maximum absolute atomic E-state index is 12.2. The quantitative estimate of drug-likeness (QED) is 0.485. The molecule has 0 N–H and O–H groups in total. The smallest absolute Gasteiger partial charge is 0.309 e. The van der Waals surface area contributed by atoms with E-state index in [-0.39, 0.29) is 40.9 Å². The van der Waals surface area contributed by atoms with Gasteiger partial charge in [0.05, 0.1) is 5.92 Å². The maximum atomic E-state index is 12.2. The van der Waals surface area contributed by atoms with Crippen LogP contribution in [0.2, 0.25) is 0 Å². The summed E-state index contributed by atoms with van der Waals surface area (Å²) < 4.78 is 11.4. The van der Waals surface area contributed by atoms with E-state index < -0.39 is 0 Å². The van der Waals surface area contributed by atoms with Crippen molar-refractivity contribution < 1.29 is 19.1 Å². The third kappa shape index (κ3) is 2.42. The van der Waals surface area contributed by atoms with Crippen LogP contribution in [-0.2, 0) is 19.1 Å². The molecule has 0 bridgehead atoms. The zero-order chi connectivity index (χ0) is 19.8. The SMILES string of the molecule is CC(=O)O[C@H]1CC[C@@]2(C)C(=CC[C@H]3[C@@H]4C[C@@H]5OC(=O)[C@H](C)[C@@H]5[C@@]4(C)CC[C@@H]32)C1. The second-order valence-corrected chi connectivity index (χ2v) is 10.8. The second-order valence-electron chi connectivity index (χ2n) is 10.8. The fraction of sp³-hybridized carbons (Fsp3) is 0.833. The number of allylic oxidation sites excluding steroid dienone is 1. The van der Waals surface area contributed by atoms with Gasteiger partial charge in [-0.05, 0) is 67.1 Å². The van der Waals surface area contributed by atoms with Gasteiger partial charge in [0, 0.05) is 19.3 Å². The van der Waals surface area contributed by atoms with Crippen LogP contribution < -0.4 is 0 Å². The minimum absolute atomic E-state index is 0.0263. The molecule has 0 amide bonds. The van der Waals surface area contributed by atoms with E-state index in [4.69, 9.17) is 9.47 Å². The van der Waals surface area contributed by atoms with E-state index in [0.29, 0.717) is 23.7 Å². The molecule has 1 heterocycles. The van der Waals surface area contributed by atoms with Gasteiger partial charge in [-0.1, -0.05) is 32.4 Å². The number of rotatable bonds is 1. The summed E-state index contributed by atoms with van der Waals surface area (Å²) in [4.78, 5) is 23.6. The monoisotopic (exact) mass is 386 g/mol. The van der Waals surface area contributed by atoms with Crippen LogP contribution in [0.1, 0.15) is 72.6 Å². The van der Waals surface area contributed by atoms with Crippen molar-refractivity contribution in [2.24, 2.45) is 40.4 Å². The van der Waals surface area contributed by atoms with Crippen LogP contribution in [-0.4, -0.2) is 24.1 Å². The molecule has 1 saturated heterocycles. The lowest BCUT2D eigenvalue weighted by atomic mass is 9.47. The lowest BCUT2D eigenvalue weighted by Crippen LogP contribution is -2.51. The number of carbonyl (C=O) groups excluding carboxylic acids is 2. The van der Waals surface area contributed by atoms with Gasteiger partial charge in [0.2, 0.25) is 0 Å². The van der Waals surface area contributed by atoms with Crippen molar-refractivity contribution in [3.63, 3.8) is 0 Å². The standard InChI is InChI=1S/C24H34O4/c1-13-21-20(28-22(13)26)12-19-17-6-5-15-11-16(27-14(2)25)7-9-23(15,3)18(17)8-10-24(19,21)4/h5,13,16-21H,6-12H2,1-4H3/t13-,16+,17-,18+,19+,20+,21+,23+,24+/m1/s1. The third-order valence-electron chi connectivity index (χ3n) is 9.66. The van der Waals surface area contributed by atoms with Crippen LogP contribution in [0.15, 0.2) is 11.6 Å². The van der Waals surface area contributed by atoms with E-state index in [0.717, 1.165) is 32.1 Å². The topological polar surface area (TPSA) is 52.6 Å². The molecule has 5 aliphatic rings. The van der Waals surface area contributed by atoms with E-state index in [1.807, 2.05) is 0 Å². The first-order valence-corrected chi connectivity index (χ1v) is 11.3. The van der Waals surface area contributed by atoms with Gasteiger partial charge < -0.3 is 9.47 Å². The minimum Gasteiger partial charge on any atom is -0.462 e. The van der Waals surface area contributed by atoms with Crippen molar-refractivity contribution in [3.05, 3.63) is 11.6 Å². The molecule has 4 fully saturated rings. The van der Waals surface area contributed by atoms with Gasteiger partial charge in [-0.2, -0.15) is 0 Å². The van der Waals surface area contributed by atoms with E-state index >= 15 is 0 Å². The van der Waals surface area contributed by atoms with Gasteiger partial charge in [-0.3, -0.25) is 9.59 Å². The van der Waals surface area contributed by atoms with Gasteiger partial charge in [-0.25, -0.2) is 0 Å². The summed E-state index contributed by atoms with van der Waals surface area (Å²) in [7, 11) is 0.